The Hall–Kier alpha value is -3.75. The van der Waals surface area contributed by atoms with Gasteiger partial charge in [-0.25, -0.2) is 14.3 Å². The average Bonchev–Trinajstić information content (AvgIpc) is 3.04. The zero-order valence-corrected chi connectivity index (χ0v) is 17.5. The molecule has 0 radical (unpaired) electrons. The summed E-state index contributed by atoms with van der Waals surface area (Å²) in [7, 11) is 4.88. The lowest BCUT2D eigenvalue weighted by molar-refractivity contribution is 0.0173. The highest BCUT2D eigenvalue weighted by molar-refractivity contribution is 5.71. The van der Waals surface area contributed by atoms with Crippen LogP contribution in [-0.2, 0) is 23.9 Å². The quantitative estimate of drug-likeness (QED) is 0.661. The van der Waals surface area contributed by atoms with Crippen molar-refractivity contribution in [2.75, 3.05) is 14.2 Å². The van der Waals surface area contributed by atoms with Gasteiger partial charge in [-0.2, -0.15) is 0 Å². The van der Waals surface area contributed by atoms with Crippen LogP contribution in [0.25, 0.3) is 11.2 Å². The molecule has 3 rings (SSSR count). The number of fused-ring (bicyclic) bond motifs is 1. The predicted molar refractivity (Wildman–Crippen MR) is 113 cm³/mol. The first-order valence-electron chi connectivity index (χ1n) is 9.12. The summed E-state index contributed by atoms with van der Waals surface area (Å²) < 4.78 is 13.5. The minimum Gasteiger partial charge on any atom is -0.496 e. The fourth-order valence-corrected chi connectivity index (χ4v) is 3.07. The molecule has 0 fully saturated rings. The molecule has 154 valence electrons. The maximum Gasteiger partial charge on any atom is 0.330 e. The third kappa shape index (κ3) is 3.61. The molecule has 2 heterocycles. The van der Waals surface area contributed by atoms with Gasteiger partial charge >= 0.3 is 5.69 Å². The average molecular weight is 406 g/mol. The number of hydrogen-bond donors (Lipinski definition) is 1. The van der Waals surface area contributed by atoms with E-state index < -0.39 is 16.9 Å². The Kier molecular flexibility index (Phi) is 5.55. The number of aromatic amines is 1. The van der Waals surface area contributed by atoms with E-state index in [0.717, 1.165) is 10.1 Å². The highest BCUT2D eigenvalue weighted by Gasteiger charge is 2.23. The molecule has 0 saturated heterocycles. The molecule has 8 heteroatoms. The summed E-state index contributed by atoms with van der Waals surface area (Å²) in [6.45, 7) is 3.77. The van der Waals surface area contributed by atoms with Crippen LogP contribution in [0.1, 0.15) is 30.8 Å². The molecule has 3 aromatic rings. The number of rotatable bonds is 4. The van der Waals surface area contributed by atoms with Crippen LogP contribution >= 0.6 is 0 Å². The standard InChI is InChI=1S/C22H22N4O4/c1-7-12-26-20(27)18-19(24-21(26)28)23-17(25(18)4)11-9-14-8-10-15(16(13-14)29-5)22(2,3)30-6/h1,8,10,13H,12H2,2-6H3,(H,24,28). The van der Waals surface area contributed by atoms with Crippen molar-refractivity contribution in [3.8, 4) is 29.9 Å². The summed E-state index contributed by atoms with van der Waals surface area (Å²) in [6.07, 6.45) is 5.24. The van der Waals surface area contributed by atoms with E-state index in [1.165, 1.54) is 4.57 Å². The molecule has 0 aliphatic carbocycles. The molecular formula is C22H22N4O4. The van der Waals surface area contributed by atoms with Gasteiger partial charge in [-0.1, -0.05) is 17.9 Å². The largest absolute Gasteiger partial charge is 0.496 e. The van der Waals surface area contributed by atoms with Gasteiger partial charge in [-0.15, -0.1) is 6.42 Å². The van der Waals surface area contributed by atoms with E-state index in [1.54, 1.807) is 21.3 Å². The van der Waals surface area contributed by atoms with Gasteiger partial charge in [-0.3, -0.25) is 9.78 Å². The monoisotopic (exact) mass is 406 g/mol. The van der Waals surface area contributed by atoms with Crippen LogP contribution in [0.2, 0.25) is 0 Å². The van der Waals surface area contributed by atoms with Gasteiger partial charge in [0.15, 0.2) is 17.0 Å². The first-order chi connectivity index (χ1) is 14.2. The van der Waals surface area contributed by atoms with Crippen LogP contribution in [0.4, 0.5) is 0 Å². The van der Waals surface area contributed by atoms with Crippen LogP contribution in [0, 0.1) is 24.2 Å². The third-order valence-electron chi connectivity index (χ3n) is 4.94. The lowest BCUT2D eigenvalue weighted by atomic mass is 9.95. The van der Waals surface area contributed by atoms with Crippen molar-refractivity contribution in [1.82, 2.24) is 19.1 Å². The summed E-state index contributed by atoms with van der Waals surface area (Å²) in [6, 6.07) is 5.57. The molecule has 8 nitrogen and oxygen atoms in total. The Labute approximate surface area is 173 Å². The second kappa shape index (κ2) is 7.94. The van der Waals surface area contributed by atoms with Crippen LogP contribution in [0.15, 0.2) is 27.8 Å². The molecule has 1 aromatic carbocycles. The number of nitrogens with one attached hydrogen (secondary N) is 1. The molecule has 0 atom stereocenters. The van der Waals surface area contributed by atoms with Gasteiger partial charge in [0.1, 0.15) is 5.75 Å². The van der Waals surface area contributed by atoms with Crippen molar-refractivity contribution >= 4 is 11.2 Å². The predicted octanol–water partition coefficient (Wildman–Crippen LogP) is 1.35. The highest BCUT2D eigenvalue weighted by atomic mass is 16.5. The smallest absolute Gasteiger partial charge is 0.330 e. The number of aryl methyl sites for hydroxylation is 1. The third-order valence-corrected chi connectivity index (χ3v) is 4.94. The summed E-state index contributed by atoms with van der Waals surface area (Å²) in [4.78, 5) is 31.5. The van der Waals surface area contributed by atoms with Crippen LogP contribution in [-0.4, -0.2) is 33.3 Å². The van der Waals surface area contributed by atoms with Gasteiger partial charge in [0.2, 0.25) is 0 Å². The summed E-state index contributed by atoms with van der Waals surface area (Å²) in [5, 5.41) is 0. The molecular weight excluding hydrogens is 384 g/mol. The number of hydrogen-bond acceptors (Lipinski definition) is 5. The summed E-state index contributed by atoms with van der Waals surface area (Å²) in [5.41, 5.74) is 0.356. The Bertz CT molecular complexity index is 1340. The molecule has 30 heavy (non-hydrogen) atoms. The molecule has 2 aromatic heterocycles. The molecule has 0 unspecified atom stereocenters. The van der Waals surface area contributed by atoms with Crippen molar-refractivity contribution in [3.63, 3.8) is 0 Å². The maximum absolute atomic E-state index is 12.6. The van der Waals surface area contributed by atoms with Crippen LogP contribution in [0.5, 0.6) is 5.75 Å². The number of imidazole rings is 1. The number of methoxy groups -OCH3 is 2. The normalized spacial score (nSPS) is 11.1. The van der Waals surface area contributed by atoms with Crippen molar-refractivity contribution < 1.29 is 9.47 Å². The zero-order chi connectivity index (χ0) is 22.1. The van der Waals surface area contributed by atoms with E-state index in [9.17, 15) is 9.59 Å². The van der Waals surface area contributed by atoms with E-state index in [0.29, 0.717) is 17.1 Å². The molecule has 0 spiro atoms. The van der Waals surface area contributed by atoms with Gasteiger partial charge < -0.3 is 14.0 Å². The Morgan fingerprint density at radius 3 is 2.60 bits per heavy atom. The highest BCUT2D eigenvalue weighted by Crippen LogP contribution is 2.32. The Morgan fingerprint density at radius 1 is 1.23 bits per heavy atom. The fourth-order valence-electron chi connectivity index (χ4n) is 3.07. The number of terminal acetylenes is 1. The second-order valence-electron chi connectivity index (χ2n) is 7.10. The first kappa shape index (κ1) is 21.0. The van der Waals surface area contributed by atoms with Crippen LogP contribution in [0.3, 0.4) is 0 Å². The summed E-state index contributed by atoms with van der Waals surface area (Å²) >= 11 is 0. The van der Waals surface area contributed by atoms with Gasteiger partial charge in [-0.05, 0) is 31.9 Å². The molecule has 1 N–H and O–H groups in total. The van der Waals surface area contributed by atoms with Crippen molar-refractivity contribution in [2.24, 2.45) is 7.05 Å². The minimum absolute atomic E-state index is 0.125. The number of nitrogens with zero attached hydrogens (tertiary/aromatic N) is 3. The van der Waals surface area contributed by atoms with Gasteiger partial charge in [0.05, 0.1) is 19.3 Å². The van der Waals surface area contributed by atoms with E-state index in [4.69, 9.17) is 15.9 Å². The second-order valence-corrected chi connectivity index (χ2v) is 7.10. The zero-order valence-electron chi connectivity index (χ0n) is 17.5. The number of aromatic nitrogens is 4. The SMILES string of the molecule is C#CCn1c(=O)[nH]c2nc(C#Cc3ccc(C(C)(C)OC)c(OC)c3)n(C)c2c1=O. The first-order valence-corrected chi connectivity index (χ1v) is 9.12. The molecule has 0 aliphatic rings. The van der Waals surface area contributed by atoms with E-state index >= 15 is 0 Å². The number of ether oxygens (including phenoxy) is 2. The van der Waals surface area contributed by atoms with Crippen molar-refractivity contribution in [1.29, 1.82) is 0 Å². The van der Waals surface area contributed by atoms with Gasteiger partial charge in [0, 0.05) is 25.3 Å². The van der Waals surface area contributed by atoms with E-state index in [1.807, 2.05) is 32.0 Å². The number of H-pyrrole nitrogens is 1. The lowest BCUT2D eigenvalue weighted by Gasteiger charge is -2.25. The number of benzene rings is 1. The van der Waals surface area contributed by atoms with E-state index in [-0.39, 0.29) is 17.7 Å². The van der Waals surface area contributed by atoms with Crippen molar-refractivity contribution in [3.05, 3.63) is 56.0 Å². The Balaban J connectivity index is 2.08. The van der Waals surface area contributed by atoms with Crippen molar-refractivity contribution in [2.45, 2.75) is 26.0 Å². The molecule has 0 bridgehead atoms. The fraction of sp³-hybridized carbons (Fsp3) is 0.318. The molecule has 0 amide bonds. The molecule has 0 saturated carbocycles. The van der Waals surface area contributed by atoms with E-state index in [2.05, 4.69) is 27.7 Å². The summed E-state index contributed by atoms with van der Waals surface area (Å²) in [5.74, 6) is 9.25. The Morgan fingerprint density at radius 2 is 1.97 bits per heavy atom. The van der Waals surface area contributed by atoms with Gasteiger partial charge in [0.25, 0.3) is 5.56 Å². The topological polar surface area (TPSA) is 91.1 Å². The minimum atomic E-state index is -0.607. The van der Waals surface area contributed by atoms with Crippen LogP contribution < -0.4 is 16.0 Å². The maximum atomic E-state index is 12.6. The lowest BCUT2D eigenvalue weighted by Crippen LogP contribution is -2.35. The molecule has 0 aliphatic heterocycles.